The van der Waals surface area contributed by atoms with Crippen LogP contribution in [-0.4, -0.2) is 39.5 Å². The minimum Gasteiger partial charge on any atom is -0.302 e. The van der Waals surface area contributed by atoms with Crippen molar-refractivity contribution < 1.29 is 8.42 Å². The first-order valence-electron chi connectivity index (χ1n) is 6.55. The van der Waals surface area contributed by atoms with Crippen molar-refractivity contribution in [1.29, 1.82) is 0 Å². The molecule has 0 aromatic heterocycles. The molecule has 2 rings (SSSR count). The molecule has 1 aliphatic rings. The van der Waals surface area contributed by atoms with E-state index in [1.54, 1.807) is 18.2 Å². The normalized spacial score (nSPS) is 17.5. The van der Waals surface area contributed by atoms with Gasteiger partial charge in [-0.05, 0) is 44.1 Å². The maximum Gasteiger partial charge on any atom is 0.240 e. The Bertz CT molecular complexity index is 513. The van der Waals surface area contributed by atoms with Gasteiger partial charge in [-0.3, -0.25) is 0 Å². The van der Waals surface area contributed by atoms with Crippen LogP contribution in [0.4, 0.5) is 0 Å². The van der Waals surface area contributed by atoms with Gasteiger partial charge < -0.3 is 4.90 Å². The number of halogens is 1. The fourth-order valence-corrected chi connectivity index (χ4v) is 3.56. The summed E-state index contributed by atoms with van der Waals surface area (Å²) in [5.74, 6) is 0. The summed E-state index contributed by atoms with van der Waals surface area (Å²) in [7, 11) is -3.44. The summed E-state index contributed by atoms with van der Waals surface area (Å²) < 4.78 is 26.7. The molecule has 0 saturated carbocycles. The molecule has 0 bridgehead atoms. The van der Waals surface area contributed by atoms with Gasteiger partial charge in [-0.1, -0.05) is 24.1 Å². The molecule has 19 heavy (non-hydrogen) atoms. The van der Waals surface area contributed by atoms with E-state index in [1.807, 2.05) is 0 Å². The highest BCUT2D eigenvalue weighted by Gasteiger charge is 2.15. The Morgan fingerprint density at radius 2 is 1.95 bits per heavy atom. The Kier molecular flexibility index (Phi) is 5.21. The molecule has 1 aliphatic heterocycles. The lowest BCUT2D eigenvalue weighted by molar-refractivity contribution is 0.233. The number of hydrogen-bond acceptors (Lipinski definition) is 3. The lowest BCUT2D eigenvalue weighted by Gasteiger charge is -2.26. The molecule has 1 aromatic carbocycles. The molecular formula is C13H19ClN2O2S. The Balaban J connectivity index is 1.87. The number of rotatable bonds is 5. The topological polar surface area (TPSA) is 49.4 Å². The molecule has 6 heteroatoms. The fraction of sp³-hybridized carbons (Fsp3) is 0.538. The Morgan fingerprint density at radius 1 is 1.21 bits per heavy atom. The van der Waals surface area contributed by atoms with E-state index in [2.05, 4.69) is 9.62 Å². The third kappa shape index (κ3) is 4.45. The summed E-state index contributed by atoms with van der Waals surface area (Å²) in [5.41, 5.74) is 0. The van der Waals surface area contributed by atoms with E-state index in [4.69, 9.17) is 11.6 Å². The van der Waals surface area contributed by atoms with Gasteiger partial charge >= 0.3 is 0 Å². The van der Waals surface area contributed by atoms with Crippen LogP contribution in [0.3, 0.4) is 0 Å². The Labute approximate surface area is 119 Å². The average molecular weight is 303 g/mol. The molecule has 0 aliphatic carbocycles. The number of nitrogens with one attached hydrogen (secondary N) is 1. The highest BCUT2D eigenvalue weighted by Crippen LogP contribution is 2.15. The fourth-order valence-electron chi connectivity index (χ4n) is 2.24. The summed E-state index contributed by atoms with van der Waals surface area (Å²) in [6.45, 7) is 3.34. The number of hydrogen-bond donors (Lipinski definition) is 1. The second-order valence-electron chi connectivity index (χ2n) is 4.76. The molecule has 1 heterocycles. The van der Waals surface area contributed by atoms with Crippen LogP contribution in [0.1, 0.15) is 19.3 Å². The predicted molar refractivity (Wildman–Crippen MR) is 76.9 cm³/mol. The van der Waals surface area contributed by atoms with Gasteiger partial charge in [0.1, 0.15) is 0 Å². The highest BCUT2D eigenvalue weighted by atomic mass is 35.5. The smallest absolute Gasteiger partial charge is 0.240 e. The van der Waals surface area contributed by atoms with Crippen LogP contribution in [0, 0.1) is 0 Å². The molecule has 0 radical (unpaired) electrons. The van der Waals surface area contributed by atoms with Crippen molar-refractivity contribution in [2.75, 3.05) is 26.2 Å². The average Bonchev–Trinajstić information content (AvgIpc) is 2.40. The van der Waals surface area contributed by atoms with Crippen LogP contribution in [0.5, 0.6) is 0 Å². The van der Waals surface area contributed by atoms with E-state index in [-0.39, 0.29) is 4.90 Å². The van der Waals surface area contributed by atoms with Crippen LogP contribution in [0.25, 0.3) is 0 Å². The lowest BCUT2D eigenvalue weighted by atomic mass is 10.1. The maximum absolute atomic E-state index is 12.0. The third-order valence-corrected chi connectivity index (χ3v) is 4.97. The molecule has 1 aromatic rings. The summed E-state index contributed by atoms with van der Waals surface area (Å²) in [6.07, 6.45) is 3.70. The number of benzene rings is 1. The van der Waals surface area contributed by atoms with E-state index in [0.717, 1.165) is 19.6 Å². The Morgan fingerprint density at radius 3 is 2.63 bits per heavy atom. The first-order chi connectivity index (χ1) is 9.08. The van der Waals surface area contributed by atoms with Crippen LogP contribution < -0.4 is 4.72 Å². The van der Waals surface area contributed by atoms with Crippen LogP contribution in [-0.2, 0) is 10.0 Å². The summed E-state index contributed by atoms with van der Waals surface area (Å²) in [4.78, 5) is 2.52. The Hall–Kier alpha value is -0.620. The van der Waals surface area contributed by atoms with Crippen molar-refractivity contribution in [2.45, 2.75) is 24.2 Å². The second kappa shape index (κ2) is 6.70. The minimum atomic E-state index is -3.44. The van der Waals surface area contributed by atoms with Crippen LogP contribution >= 0.6 is 11.6 Å². The lowest BCUT2D eigenvalue weighted by Crippen LogP contribution is -2.37. The van der Waals surface area contributed by atoms with Gasteiger partial charge in [0.25, 0.3) is 0 Å². The van der Waals surface area contributed by atoms with E-state index < -0.39 is 10.0 Å². The first-order valence-corrected chi connectivity index (χ1v) is 8.42. The predicted octanol–water partition coefficient (Wildman–Crippen LogP) is 2.10. The SMILES string of the molecule is O=S(=O)(NCCN1CCCCC1)c1cccc(Cl)c1. The van der Waals surface area contributed by atoms with Gasteiger partial charge in [-0.15, -0.1) is 0 Å². The number of nitrogens with zero attached hydrogens (tertiary/aromatic N) is 1. The van der Waals surface area contributed by atoms with Gasteiger partial charge in [0.2, 0.25) is 10.0 Å². The molecule has 1 fully saturated rings. The van der Waals surface area contributed by atoms with Crippen molar-refractivity contribution in [3.8, 4) is 0 Å². The van der Waals surface area contributed by atoms with Gasteiger partial charge in [-0.25, -0.2) is 13.1 Å². The molecule has 0 unspecified atom stereocenters. The number of piperidine rings is 1. The zero-order chi connectivity index (χ0) is 13.7. The summed E-state index contributed by atoms with van der Waals surface area (Å²) in [5, 5.41) is 0.430. The van der Waals surface area contributed by atoms with E-state index >= 15 is 0 Å². The van der Waals surface area contributed by atoms with E-state index in [1.165, 1.54) is 25.3 Å². The molecule has 0 atom stereocenters. The quantitative estimate of drug-likeness (QED) is 0.906. The minimum absolute atomic E-state index is 0.221. The zero-order valence-electron chi connectivity index (χ0n) is 10.8. The van der Waals surface area contributed by atoms with Gasteiger partial charge in [0.15, 0.2) is 0 Å². The number of likely N-dealkylation sites (tertiary alicyclic amines) is 1. The van der Waals surface area contributed by atoms with Crippen molar-refractivity contribution in [3.63, 3.8) is 0 Å². The second-order valence-corrected chi connectivity index (χ2v) is 6.96. The zero-order valence-corrected chi connectivity index (χ0v) is 12.4. The largest absolute Gasteiger partial charge is 0.302 e. The molecule has 1 saturated heterocycles. The monoisotopic (exact) mass is 302 g/mol. The van der Waals surface area contributed by atoms with Crippen molar-refractivity contribution in [3.05, 3.63) is 29.3 Å². The van der Waals surface area contributed by atoms with Crippen LogP contribution in [0.2, 0.25) is 5.02 Å². The van der Waals surface area contributed by atoms with Gasteiger partial charge in [-0.2, -0.15) is 0 Å². The van der Waals surface area contributed by atoms with Crippen molar-refractivity contribution >= 4 is 21.6 Å². The van der Waals surface area contributed by atoms with Crippen molar-refractivity contribution in [1.82, 2.24) is 9.62 Å². The van der Waals surface area contributed by atoms with E-state index in [9.17, 15) is 8.42 Å². The van der Waals surface area contributed by atoms with Gasteiger partial charge in [0.05, 0.1) is 4.90 Å². The molecule has 1 N–H and O–H groups in total. The first kappa shape index (κ1) is 14.8. The highest BCUT2D eigenvalue weighted by molar-refractivity contribution is 7.89. The third-order valence-electron chi connectivity index (χ3n) is 3.28. The van der Waals surface area contributed by atoms with Crippen LogP contribution in [0.15, 0.2) is 29.2 Å². The molecule has 0 spiro atoms. The standard InChI is InChI=1S/C13H19ClN2O2S/c14-12-5-4-6-13(11-12)19(17,18)15-7-10-16-8-2-1-3-9-16/h4-6,11,15H,1-3,7-10H2. The molecule has 4 nitrogen and oxygen atoms in total. The maximum atomic E-state index is 12.0. The number of sulfonamides is 1. The molecule has 106 valence electrons. The van der Waals surface area contributed by atoms with Crippen molar-refractivity contribution in [2.24, 2.45) is 0 Å². The molecular weight excluding hydrogens is 284 g/mol. The van der Waals surface area contributed by atoms with E-state index in [0.29, 0.717) is 11.6 Å². The summed E-state index contributed by atoms with van der Waals surface area (Å²) >= 11 is 5.81. The molecule has 0 amide bonds. The van der Waals surface area contributed by atoms with Gasteiger partial charge in [0, 0.05) is 18.1 Å². The summed E-state index contributed by atoms with van der Waals surface area (Å²) in [6, 6.07) is 6.32.